The van der Waals surface area contributed by atoms with Crippen LogP contribution in [-0.4, -0.2) is 56.0 Å². The van der Waals surface area contributed by atoms with Crippen LogP contribution in [0, 0.1) is 0 Å². The summed E-state index contributed by atoms with van der Waals surface area (Å²) in [5, 5.41) is 2.82. The second-order valence-electron chi connectivity index (χ2n) is 5.52. The molecule has 1 N–H and O–H groups in total. The number of hydrogen-bond donors (Lipinski definition) is 1. The summed E-state index contributed by atoms with van der Waals surface area (Å²) in [4.78, 5) is 25.3. The van der Waals surface area contributed by atoms with E-state index in [0.717, 1.165) is 5.56 Å². The van der Waals surface area contributed by atoms with Crippen LogP contribution in [0.5, 0.6) is 0 Å². The van der Waals surface area contributed by atoms with Gasteiger partial charge in [-0.05, 0) is 18.9 Å². The summed E-state index contributed by atoms with van der Waals surface area (Å²) >= 11 is 0. The second kappa shape index (κ2) is 9.12. The third-order valence-electron chi connectivity index (χ3n) is 3.90. The summed E-state index contributed by atoms with van der Waals surface area (Å²) < 4.78 is 15.6. The van der Waals surface area contributed by atoms with Gasteiger partial charge in [-0.1, -0.05) is 30.3 Å². The van der Waals surface area contributed by atoms with E-state index in [1.807, 2.05) is 30.3 Å². The van der Waals surface area contributed by atoms with Crippen LogP contribution < -0.4 is 5.32 Å². The smallest absolute Gasteiger partial charge is 0.409 e. The first-order valence-electron chi connectivity index (χ1n) is 8.05. The van der Waals surface area contributed by atoms with Crippen molar-refractivity contribution in [2.75, 3.05) is 26.8 Å². The summed E-state index contributed by atoms with van der Waals surface area (Å²) in [5.74, 6) is 0. The highest BCUT2D eigenvalue weighted by Crippen LogP contribution is 2.15. The van der Waals surface area contributed by atoms with Crippen molar-refractivity contribution in [2.24, 2.45) is 0 Å². The summed E-state index contributed by atoms with van der Waals surface area (Å²) in [7, 11) is 1.56. The third-order valence-corrected chi connectivity index (χ3v) is 3.90. The monoisotopic (exact) mass is 336 g/mol. The Bertz CT molecular complexity index is 537. The molecule has 24 heavy (non-hydrogen) atoms. The highest BCUT2D eigenvalue weighted by Gasteiger charge is 2.33. The van der Waals surface area contributed by atoms with Gasteiger partial charge in [-0.25, -0.2) is 9.59 Å². The zero-order valence-corrected chi connectivity index (χ0v) is 14.1. The van der Waals surface area contributed by atoms with Gasteiger partial charge in [0, 0.05) is 13.7 Å². The number of carbonyl (C=O) groups is 2. The van der Waals surface area contributed by atoms with Crippen LogP contribution in [0.3, 0.4) is 0 Å². The average Bonchev–Trinajstić information content (AvgIpc) is 2.61. The molecule has 1 fully saturated rings. The molecule has 0 aromatic heterocycles. The number of amides is 2. The lowest BCUT2D eigenvalue weighted by Gasteiger charge is -2.37. The number of nitrogens with zero attached hydrogens (tertiary/aromatic N) is 1. The maximum absolute atomic E-state index is 12.0. The van der Waals surface area contributed by atoms with Crippen LogP contribution in [0.2, 0.25) is 0 Å². The van der Waals surface area contributed by atoms with E-state index in [1.165, 1.54) is 0 Å². The number of nitrogens with one attached hydrogen (secondary N) is 1. The first kappa shape index (κ1) is 18.1. The van der Waals surface area contributed by atoms with Gasteiger partial charge in [0.1, 0.15) is 6.61 Å². The van der Waals surface area contributed by atoms with Gasteiger partial charge in [0.2, 0.25) is 0 Å². The molecule has 1 aliphatic rings. The van der Waals surface area contributed by atoms with Crippen LogP contribution >= 0.6 is 0 Å². The van der Waals surface area contributed by atoms with Crippen LogP contribution in [0.25, 0.3) is 0 Å². The van der Waals surface area contributed by atoms with E-state index in [4.69, 9.17) is 14.2 Å². The lowest BCUT2D eigenvalue weighted by molar-refractivity contribution is 0.00318. The molecule has 0 bridgehead atoms. The van der Waals surface area contributed by atoms with Crippen molar-refractivity contribution in [2.45, 2.75) is 32.1 Å². The van der Waals surface area contributed by atoms with Crippen LogP contribution in [0.15, 0.2) is 30.3 Å². The Morgan fingerprint density at radius 3 is 2.67 bits per heavy atom. The predicted octanol–water partition coefficient (Wildman–Crippen LogP) is 2.16. The van der Waals surface area contributed by atoms with Gasteiger partial charge >= 0.3 is 12.2 Å². The fourth-order valence-corrected chi connectivity index (χ4v) is 2.62. The normalized spacial score (nSPS) is 20.3. The maximum Gasteiger partial charge on any atom is 0.409 e. The lowest BCUT2D eigenvalue weighted by atomic mass is 10.0. The van der Waals surface area contributed by atoms with Gasteiger partial charge in [-0.15, -0.1) is 0 Å². The van der Waals surface area contributed by atoms with Gasteiger partial charge in [0.15, 0.2) is 0 Å². The minimum Gasteiger partial charge on any atom is -0.450 e. The van der Waals surface area contributed by atoms with Crippen LogP contribution in [-0.2, 0) is 20.8 Å². The molecule has 0 aliphatic carbocycles. The Morgan fingerprint density at radius 2 is 2.00 bits per heavy atom. The Morgan fingerprint density at radius 1 is 1.25 bits per heavy atom. The molecular formula is C17H24N2O5. The fourth-order valence-electron chi connectivity index (χ4n) is 2.62. The summed E-state index contributed by atoms with van der Waals surface area (Å²) in [6, 6.07) is 9.27. The van der Waals surface area contributed by atoms with Crippen molar-refractivity contribution in [1.29, 1.82) is 0 Å². The Hall–Kier alpha value is -2.28. The molecule has 7 nitrogen and oxygen atoms in total. The number of benzene rings is 1. The minimum atomic E-state index is -0.490. The number of alkyl carbamates (subject to hydrolysis) is 1. The van der Waals surface area contributed by atoms with E-state index >= 15 is 0 Å². The van der Waals surface area contributed by atoms with Gasteiger partial charge < -0.3 is 24.4 Å². The van der Waals surface area contributed by atoms with Gasteiger partial charge in [-0.2, -0.15) is 0 Å². The number of piperidine rings is 1. The average molecular weight is 336 g/mol. The molecule has 2 rings (SSSR count). The molecule has 1 aromatic carbocycles. The SMILES string of the molecule is CCOC(=O)N1CC[C@@H](NC(=O)OCc2ccccc2)[C@@H](OC)C1. The van der Waals surface area contributed by atoms with Crippen LogP contribution in [0.1, 0.15) is 18.9 Å². The molecule has 1 aliphatic heterocycles. The van der Waals surface area contributed by atoms with Gasteiger partial charge in [0.05, 0.1) is 25.3 Å². The topological polar surface area (TPSA) is 77.1 Å². The lowest BCUT2D eigenvalue weighted by Crippen LogP contribution is -2.56. The minimum absolute atomic E-state index is 0.205. The molecule has 1 aromatic rings. The molecule has 132 valence electrons. The zero-order valence-electron chi connectivity index (χ0n) is 14.1. The molecule has 0 spiro atoms. The summed E-state index contributed by atoms with van der Waals surface area (Å²) in [6.45, 7) is 3.19. The Kier molecular flexibility index (Phi) is 6.87. The molecule has 7 heteroatoms. The second-order valence-corrected chi connectivity index (χ2v) is 5.52. The molecule has 0 unspecified atom stereocenters. The van der Waals surface area contributed by atoms with Crippen molar-refractivity contribution >= 4 is 12.2 Å². The van der Waals surface area contributed by atoms with Crippen molar-refractivity contribution in [3.63, 3.8) is 0 Å². The standard InChI is InChI=1S/C17H24N2O5/c1-3-23-17(21)19-10-9-14(15(11-19)22-2)18-16(20)24-12-13-7-5-4-6-8-13/h4-8,14-15H,3,9-12H2,1-2H3,(H,18,20)/t14-,15+/m1/s1. The summed E-state index contributed by atoms with van der Waals surface area (Å²) in [5.41, 5.74) is 0.924. The van der Waals surface area contributed by atoms with Gasteiger partial charge in [-0.3, -0.25) is 0 Å². The van der Waals surface area contributed by atoms with E-state index in [1.54, 1.807) is 18.9 Å². The highest BCUT2D eigenvalue weighted by atomic mass is 16.6. The molecule has 1 heterocycles. The molecular weight excluding hydrogens is 312 g/mol. The largest absolute Gasteiger partial charge is 0.450 e. The number of carbonyl (C=O) groups excluding carboxylic acids is 2. The van der Waals surface area contributed by atoms with Crippen molar-refractivity contribution < 1.29 is 23.8 Å². The van der Waals surface area contributed by atoms with Crippen molar-refractivity contribution in [1.82, 2.24) is 10.2 Å². The van der Waals surface area contributed by atoms with E-state index in [-0.39, 0.29) is 24.8 Å². The van der Waals surface area contributed by atoms with E-state index in [0.29, 0.717) is 26.1 Å². The van der Waals surface area contributed by atoms with Crippen molar-refractivity contribution in [3.8, 4) is 0 Å². The number of rotatable bonds is 5. The summed E-state index contributed by atoms with van der Waals surface area (Å²) in [6.07, 6.45) is -0.565. The van der Waals surface area contributed by atoms with E-state index < -0.39 is 6.09 Å². The highest BCUT2D eigenvalue weighted by molar-refractivity contribution is 5.69. The Balaban J connectivity index is 1.81. The molecule has 2 amide bonds. The van der Waals surface area contributed by atoms with Gasteiger partial charge in [0.25, 0.3) is 0 Å². The molecule has 1 saturated heterocycles. The first-order chi connectivity index (χ1) is 11.6. The van der Waals surface area contributed by atoms with Crippen LogP contribution in [0.4, 0.5) is 9.59 Å². The number of ether oxygens (including phenoxy) is 3. The fraction of sp³-hybridized carbons (Fsp3) is 0.529. The zero-order chi connectivity index (χ0) is 17.4. The van der Waals surface area contributed by atoms with E-state index in [2.05, 4.69) is 5.32 Å². The Labute approximate surface area is 141 Å². The quantitative estimate of drug-likeness (QED) is 0.891. The number of hydrogen-bond acceptors (Lipinski definition) is 5. The molecule has 0 saturated carbocycles. The molecule has 0 radical (unpaired) electrons. The number of methoxy groups -OCH3 is 1. The van der Waals surface area contributed by atoms with E-state index in [9.17, 15) is 9.59 Å². The number of likely N-dealkylation sites (tertiary alicyclic amines) is 1. The first-order valence-corrected chi connectivity index (χ1v) is 8.05. The maximum atomic E-state index is 12.0. The predicted molar refractivity (Wildman–Crippen MR) is 87.6 cm³/mol. The molecule has 2 atom stereocenters. The third kappa shape index (κ3) is 5.13. The van der Waals surface area contributed by atoms with Crippen molar-refractivity contribution in [3.05, 3.63) is 35.9 Å².